The maximum absolute atomic E-state index is 5.26. The van der Waals surface area contributed by atoms with Crippen LogP contribution in [0.2, 0.25) is 0 Å². The molecule has 1 N–H and O–H groups in total. The molecule has 0 unspecified atom stereocenters. The number of aryl methyl sites for hydroxylation is 1. The molecule has 0 saturated heterocycles. The molecule has 0 aliphatic rings. The minimum atomic E-state index is 0. The van der Waals surface area contributed by atoms with Crippen LogP contribution < -0.4 is 5.32 Å². The molecular weight excluding hydrogens is 238 g/mol. The molecule has 4 nitrogen and oxygen atoms in total. The van der Waals surface area contributed by atoms with Gasteiger partial charge in [-0.25, -0.2) is 0 Å². The third-order valence-corrected chi connectivity index (χ3v) is 2.48. The second-order valence-corrected chi connectivity index (χ2v) is 4.13. The minimum absolute atomic E-state index is 0. The van der Waals surface area contributed by atoms with E-state index in [4.69, 9.17) is 4.42 Å². The number of aromatic nitrogens is 2. The molecule has 0 spiro atoms. The van der Waals surface area contributed by atoms with Crippen molar-refractivity contribution >= 4 is 18.1 Å². The van der Waals surface area contributed by atoms with Crippen molar-refractivity contribution in [2.24, 2.45) is 0 Å². The van der Waals surface area contributed by atoms with Crippen LogP contribution in [0, 0.1) is 6.92 Å². The Morgan fingerprint density at radius 3 is 2.76 bits per heavy atom. The topological polar surface area (TPSA) is 43.0 Å². The largest absolute Gasteiger partial charge is 0.467 e. The summed E-state index contributed by atoms with van der Waals surface area (Å²) in [5, 5.41) is 7.75. The maximum Gasteiger partial charge on any atom is 0.122 e. The summed E-state index contributed by atoms with van der Waals surface area (Å²) in [5.74, 6) is 0.927. The highest BCUT2D eigenvalue weighted by Crippen LogP contribution is 2.16. The molecule has 0 aromatic carbocycles. The summed E-state index contributed by atoms with van der Waals surface area (Å²) in [6.45, 7) is 6.92. The summed E-state index contributed by atoms with van der Waals surface area (Å²) < 4.78 is 7.22. The summed E-state index contributed by atoms with van der Waals surface area (Å²) in [7, 11) is 0. The number of hydrogen-bond donors (Lipinski definition) is 1. The van der Waals surface area contributed by atoms with E-state index < -0.39 is 0 Å². The first-order chi connectivity index (χ1) is 7.66. The zero-order valence-corrected chi connectivity index (χ0v) is 11.1. The molecule has 0 saturated carbocycles. The van der Waals surface area contributed by atoms with E-state index in [1.54, 1.807) is 6.26 Å². The Hall–Kier alpha value is -1.42. The van der Waals surface area contributed by atoms with Crippen LogP contribution in [-0.2, 0) is 6.54 Å². The first-order valence-electron chi connectivity index (χ1n) is 5.49. The summed E-state index contributed by atoms with van der Waals surface area (Å²) in [6.07, 6.45) is 3.71. The number of nitrogens with zero attached hydrogens (tertiary/aromatic N) is 2. The van der Waals surface area contributed by atoms with Gasteiger partial charge in [0, 0.05) is 12.2 Å². The van der Waals surface area contributed by atoms with Gasteiger partial charge in [-0.15, -0.1) is 12.4 Å². The third kappa shape index (κ3) is 3.27. The smallest absolute Gasteiger partial charge is 0.122 e. The number of halogens is 1. The molecule has 0 radical (unpaired) electrons. The lowest BCUT2D eigenvalue weighted by Crippen LogP contribution is -2.00. The fourth-order valence-corrected chi connectivity index (χ4v) is 1.52. The fraction of sp³-hybridized carbons (Fsp3) is 0.417. The predicted molar refractivity (Wildman–Crippen MR) is 70.6 cm³/mol. The van der Waals surface area contributed by atoms with Crippen LogP contribution in [0.3, 0.4) is 0 Å². The van der Waals surface area contributed by atoms with E-state index in [0.717, 1.165) is 17.1 Å². The van der Waals surface area contributed by atoms with E-state index in [1.807, 2.05) is 29.9 Å². The molecule has 2 rings (SSSR count). The van der Waals surface area contributed by atoms with Gasteiger partial charge < -0.3 is 9.73 Å². The quantitative estimate of drug-likeness (QED) is 0.911. The highest BCUT2D eigenvalue weighted by molar-refractivity contribution is 5.85. The summed E-state index contributed by atoms with van der Waals surface area (Å²) in [4.78, 5) is 0. The van der Waals surface area contributed by atoms with Gasteiger partial charge in [-0.2, -0.15) is 5.10 Å². The zero-order chi connectivity index (χ0) is 11.5. The molecule has 0 fully saturated rings. The van der Waals surface area contributed by atoms with Gasteiger partial charge in [0.15, 0.2) is 0 Å². The van der Waals surface area contributed by atoms with Crippen LogP contribution in [0.5, 0.6) is 0 Å². The molecule has 2 aromatic heterocycles. The minimum Gasteiger partial charge on any atom is -0.467 e. The van der Waals surface area contributed by atoms with Crippen molar-refractivity contribution < 1.29 is 4.42 Å². The monoisotopic (exact) mass is 255 g/mol. The molecule has 0 bridgehead atoms. The molecule has 17 heavy (non-hydrogen) atoms. The molecule has 0 amide bonds. The van der Waals surface area contributed by atoms with E-state index >= 15 is 0 Å². The Bertz CT molecular complexity index is 448. The number of nitrogens with one attached hydrogen (secondary N) is 1. The summed E-state index contributed by atoms with van der Waals surface area (Å²) in [6, 6.07) is 4.23. The molecule has 0 aliphatic carbocycles. The average Bonchev–Trinajstić information content (AvgIpc) is 2.84. The van der Waals surface area contributed by atoms with Gasteiger partial charge in [0.1, 0.15) is 5.76 Å². The number of furan rings is 1. The van der Waals surface area contributed by atoms with Gasteiger partial charge in [0.25, 0.3) is 0 Å². The van der Waals surface area contributed by atoms with Gasteiger partial charge in [-0.05, 0) is 32.9 Å². The van der Waals surface area contributed by atoms with E-state index in [1.165, 1.54) is 0 Å². The standard InChI is InChI=1S/C12H17N3O.ClH/c1-9(2)15-8-12(10(3)14-15)13-7-11-5-4-6-16-11;/h4-6,8-9,13H,7H2,1-3H3;1H. The van der Waals surface area contributed by atoms with E-state index in [0.29, 0.717) is 12.6 Å². The van der Waals surface area contributed by atoms with Crippen molar-refractivity contribution in [1.29, 1.82) is 0 Å². The molecule has 94 valence electrons. The lowest BCUT2D eigenvalue weighted by molar-refractivity contribution is 0.518. The molecular formula is C12H18ClN3O. The van der Waals surface area contributed by atoms with E-state index in [2.05, 4.69) is 24.3 Å². The average molecular weight is 256 g/mol. The van der Waals surface area contributed by atoms with Crippen LogP contribution in [0.1, 0.15) is 31.3 Å². The lowest BCUT2D eigenvalue weighted by Gasteiger charge is -2.03. The van der Waals surface area contributed by atoms with Crippen molar-refractivity contribution in [3.05, 3.63) is 36.0 Å². The van der Waals surface area contributed by atoms with E-state index in [-0.39, 0.29) is 12.4 Å². The van der Waals surface area contributed by atoms with Crippen LogP contribution in [0.25, 0.3) is 0 Å². The SMILES string of the molecule is Cc1nn(C(C)C)cc1NCc1ccco1.Cl. The van der Waals surface area contributed by atoms with Crippen molar-refractivity contribution in [1.82, 2.24) is 9.78 Å². The Labute approximate surface area is 107 Å². The number of hydrogen-bond acceptors (Lipinski definition) is 3. The summed E-state index contributed by atoms with van der Waals surface area (Å²) >= 11 is 0. The van der Waals surface area contributed by atoms with Gasteiger partial charge in [0.2, 0.25) is 0 Å². The molecule has 0 aliphatic heterocycles. The first kappa shape index (κ1) is 13.6. The highest BCUT2D eigenvalue weighted by Gasteiger charge is 2.06. The van der Waals surface area contributed by atoms with Gasteiger partial charge in [-0.3, -0.25) is 4.68 Å². The van der Waals surface area contributed by atoms with Crippen molar-refractivity contribution in [3.8, 4) is 0 Å². The zero-order valence-electron chi connectivity index (χ0n) is 10.3. The Morgan fingerprint density at radius 1 is 1.47 bits per heavy atom. The number of rotatable bonds is 4. The summed E-state index contributed by atoms with van der Waals surface area (Å²) in [5.41, 5.74) is 2.07. The second-order valence-electron chi connectivity index (χ2n) is 4.13. The Morgan fingerprint density at radius 2 is 2.24 bits per heavy atom. The van der Waals surface area contributed by atoms with Crippen molar-refractivity contribution in [3.63, 3.8) is 0 Å². The Kier molecular flexibility index (Phi) is 4.63. The van der Waals surface area contributed by atoms with Crippen molar-refractivity contribution in [2.75, 3.05) is 5.32 Å². The molecule has 2 heterocycles. The van der Waals surface area contributed by atoms with E-state index in [9.17, 15) is 0 Å². The van der Waals surface area contributed by atoms with Gasteiger partial charge in [-0.1, -0.05) is 0 Å². The highest BCUT2D eigenvalue weighted by atomic mass is 35.5. The molecule has 2 aromatic rings. The van der Waals surface area contributed by atoms with Crippen LogP contribution in [-0.4, -0.2) is 9.78 Å². The van der Waals surface area contributed by atoms with Crippen LogP contribution >= 0.6 is 12.4 Å². The third-order valence-electron chi connectivity index (χ3n) is 2.48. The Balaban J connectivity index is 0.00000144. The molecule has 5 heteroatoms. The molecule has 0 atom stereocenters. The van der Waals surface area contributed by atoms with Crippen LogP contribution in [0.4, 0.5) is 5.69 Å². The van der Waals surface area contributed by atoms with Crippen LogP contribution in [0.15, 0.2) is 29.0 Å². The van der Waals surface area contributed by atoms with Crippen molar-refractivity contribution in [2.45, 2.75) is 33.4 Å². The maximum atomic E-state index is 5.26. The second kappa shape index (κ2) is 5.77. The lowest BCUT2D eigenvalue weighted by atomic mass is 10.3. The fourth-order valence-electron chi connectivity index (χ4n) is 1.52. The normalized spacial score (nSPS) is 10.4. The predicted octanol–water partition coefficient (Wildman–Crippen LogP) is 3.40. The first-order valence-corrected chi connectivity index (χ1v) is 5.49. The number of anilines is 1. The van der Waals surface area contributed by atoms with Gasteiger partial charge >= 0.3 is 0 Å². The van der Waals surface area contributed by atoms with Gasteiger partial charge in [0.05, 0.1) is 24.2 Å².